The number of anilines is 1. The van der Waals surface area contributed by atoms with Crippen molar-refractivity contribution in [2.75, 3.05) is 12.2 Å². The molecular formula is C18H19NO3. The molecule has 1 fully saturated rings. The number of hydroxylamine groups is 1. The van der Waals surface area contributed by atoms with Gasteiger partial charge in [0.25, 0.3) is 0 Å². The molecule has 1 aliphatic rings. The van der Waals surface area contributed by atoms with Gasteiger partial charge in [0, 0.05) is 6.42 Å². The standard InChI is InChI=1S/C18H19NO3/c1-13(20)18-12-17(14-8-10-16(21-2)11-9-14)19(22-18)15-6-4-3-5-7-15/h3-11,17-18H,12H2,1-2H3/t17-,18+/m1/s1. The quantitative estimate of drug-likeness (QED) is 0.865. The lowest BCUT2D eigenvalue weighted by Crippen LogP contribution is -2.23. The maximum Gasteiger partial charge on any atom is 0.161 e. The minimum atomic E-state index is -0.396. The third kappa shape index (κ3) is 2.83. The van der Waals surface area contributed by atoms with Crippen LogP contribution < -0.4 is 9.80 Å². The first kappa shape index (κ1) is 14.6. The van der Waals surface area contributed by atoms with Crippen LogP contribution in [0.15, 0.2) is 54.6 Å². The van der Waals surface area contributed by atoms with Crippen molar-refractivity contribution in [1.29, 1.82) is 0 Å². The van der Waals surface area contributed by atoms with Crippen LogP contribution in [0.5, 0.6) is 5.75 Å². The van der Waals surface area contributed by atoms with Crippen LogP contribution in [0.25, 0.3) is 0 Å². The van der Waals surface area contributed by atoms with Gasteiger partial charge in [-0.1, -0.05) is 30.3 Å². The van der Waals surface area contributed by atoms with Gasteiger partial charge in [-0.25, -0.2) is 5.06 Å². The lowest BCUT2D eigenvalue weighted by atomic mass is 10.00. The molecule has 2 aromatic carbocycles. The maximum atomic E-state index is 11.7. The van der Waals surface area contributed by atoms with Crippen molar-refractivity contribution in [2.24, 2.45) is 0 Å². The topological polar surface area (TPSA) is 38.8 Å². The summed E-state index contributed by atoms with van der Waals surface area (Å²) in [5.41, 5.74) is 2.06. The molecule has 0 radical (unpaired) electrons. The number of Topliss-reactive ketones (excluding diaryl/α,β-unsaturated/α-hetero) is 1. The van der Waals surface area contributed by atoms with E-state index in [1.165, 1.54) is 0 Å². The molecule has 0 saturated carbocycles. The number of benzene rings is 2. The molecule has 2 atom stereocenters. The zero-order chi connectivity index (χ0) is 15.5. The molecule has 0 N–H and O–H groups in total. The van der Waals surface area contributed by atoms with E-state index in [0.29, 0.717) is 6.42 Å². The van der Waals surface area contributed by atoms with Gasteiger partial charge >= 0.3 is 0 Å². The molecule has 4 heteroatoms. The number of rotatable bonds is 4. The van der Waals surface area contributed by atoms with Crippen LogP contribution in [-0.2, 0) is 9.63 Å². The van der Waals surface area contributed by atoms with Crippen molar-refractivity contribution in [2.45, 2.75) is 25.5 Å². The number of carbonyl (C=O) groups is 1. The lowest BCUT2D eigenvalue weighted by Gasteiger charge is -2.25. The second-order valence-corrected chi connectivity index (χ2v) is 5.39. The van der Waals surface area contributed by atoms with E-state index in [9.17, 15) is 4.79 Å². The highest BCUT2D eigenvalue weighted by Gasteiger charge is 2.37. The van der Waals surface area contributed by atoms with E-state index in [1.807, 2.05) is 59.7 Å². The van der Waals surface area contributed by atoms with Gasteiger partial charge in [0.15, 0.2) is 5.78 Å². The lowest BCUT2D eigenvalue weighted by molar-refractivity contribution is -0.126. The summed E-state index contributed by atoms with van der Waals surface area (Å²) in [5.74, 6) is 0.869. The smallest absolute Gasteiger partial charge is 0.161 e. The van der Waals surface area contributed by atoms with E-state index < -0.39 is 6.10 Å². The average Bonchev–Trinajstić information content (AvgIpc) is 3.01. The molecule has 1 aliphatic heterocycles. The molecule has 1 saturated heterocycles. The van der Waals surface area contributed by atoms with Gasteiger partial charge < -0.3 is 4.74 Å². The number of para-hydroxylation sites is 1. The fraction of sp³-hybridized carbons (Fsp3) is 0.278. The van der Waals surface area contributed by atoms with Gasteiger partial charge in [-0.2, -0.15) is 0 Å². The van der Waals surface area contributed by atoms with Crippen molar-refractivity contribution in [3.63, 3.8) is 0 Å². The van der Waals surface area contributed by atoms with Crippen molar-refractivity contribution >= 4 is 11.5 Å². The number of carbonyl (C=O) groups excluding carboxylic acids is 1. The highest BCUT2D eigenvalue weighted by molar-refractivity contribution is 5.81. The number of hydrogen-bond donors (Lipinski definition) is 0. The fourth-order valence-corrected chi connectivity index (χ4v) is 2.71. The summed E-state index contributed by atoms with van der Waals surface area (Å²) in [7, 11) is 1.65. The Bertz CT molecular complexity index is 639. The summed E-state index contributed by atoms with van der Waals surface area (Å²) in [6, 6.07) is 17.8. The Morgan fingerprint density at radius 1 is 1.14 bits per heavy atom. The molecule has 22 heavy (non-hydrogen) atoms. The molecule has 0 bridgehead atoms. The van der Waals surface area contributed by atoms with Crippen molar-refractivity contribution in [1.82, 2.24) is 0 Å². The first-order valence-corrected chi connectivity index (χ1v) is 7.34. The normalized spacial score (nSPS) is 20.9. The Labute approximate surface area is 130 Å². The van der Waals surface area contributed by atoms with Gasteiger partial charge in [-0.3, -0.25) is 9.63 Å². The summed E-state index contributed by atoms with van der Waals surface area (Å²) >= 11 is 0. The van der Waals surface area contributed by atoms with Gasteiger partial charge in [-0.15, -0.1) is 0 Å². The molecule has 3 rings (SSSR count). The second kappa shape index (κ2) is 6.20. The molecule has 2 aromatic rings. The summed E-state index contributed by atoms with van der Waals surface area (Å²) in [5, 5.41) is 1.84. The van der Waals surface area contributed by atoms with E-state index >= 15 is 0 Å². The number of nitrogens with zero attached hydrogens (tertiary/aromatic N) is 1. The first-order valence-electron chi connectivity index (χ1n) is 7.34. The number of ether oxygens (including phenoxy) is 1. The van der Waals surface area contributed by atoms with Crippen molar-refractivity contribution < 1.29 is 14.4 Å². The highest BCUT2D eigenvalue weighted by Crippen LogP contribution is 2.38. The molecule has 0 amide bonds. The summed E-state index contributed by atoms with van der Waals surface area (Å²) in [6.07, 6.45) is 0.253. The van der Waals surface area contributed by atoms with Crippen molar-refractivity contribution in [3.8, 4) is 5.75 Å². The van der Waals surface area contributed by atoms with Crippen LogP contribution in [0.2, 0.25) is 0 Å². The van der Waals surface area contributed by atoms with Crippen LogP contribution in [0.4, 0.5) is 5.69 Å². The van der Waals surface area contributed by atoms with Crippen LogP contribution in [0.1, 0.15) is 24.9 Å². The fourth-order valence-electron chi connectivity index (χ4n) is 2.71. The number of ketones is 1. The average molecular weight is 297 g/mol. The van der Waals surface area contributed by atoms with E-state index in [-0.39, 0.29) is 11.8 Å². The van der Waals surface area contributed by atoms with E-state index in [2.05, 4.69) is 0 Å². The number of hydrogen-bond acceptors (Lipinski definition) is 4. The molecule has 0 aliphatic carbocycles. The maximum absolute atomic E-state index is 11.7. The molecule has 1 heterocycles. The van der Waals surface area contributed by atoms with Crippen LogP contribution in [0.3, 0.4) is 0 Å². The van der Waals surface area contributed by atoms with E-state index in [0.717, 1.165) is 17.0 Å². The zero-order valence-corrected chi connectivity index (χ0v) is 12.7. The SMILES string of the molecule is COc1ccc([C@H]2C[C@@H](C(C)=O)ON2c2ccccc2)cc1. The first-order chi connectivity index (χ1) is 10.7. The Morgan fingerprint density at radius 3 is 2.41 bits per heavy atom. The summed E-state index contributed by atoms with van der Waals surface area (Å²) in [4.78, 5) is 17.6. The molecule has 0 unspecified atom stereocenters. The zero-order valence-electron chi connectivity index (χ0n) is 12.7. The van der Waals surface area contributed by atoms with E-state index in [4.69, 9.17) is 9.57 Å². The van der Waals surface area contributed by atoms with E-state index in [1.54, 1.807) is 14.0 Å². The Kier molecular flexibility index (Phi) is 4.11. The van der Waals surface area contributed by atoms with Gasteiger partial charge in [0.1, 0.15) is 11.9 Å². The molecule has 0 aromatic heterocycles. The minimum absolute atomic E-state index is 0.0159. The molecule has 0 spiro atoms. The Balaban J connectivity index is 1.92. The Hall–Kier alpha value is -2.33. The third-order valence-corrected chi connectivity index (χ3v) is 3.93. The molecule has 114 valence electrons. The number of methoxy groups -OCH3 is 1. The monoisotopic (exact) mass is 297 g/mol. The largest absolute Gasteiger partial charge is 0.497 e. The predicted molar refractivity (Wildman–Crippen MR) is 84.8 cm³/mol. The summed E-state index contributed by atoms with van der Waals surface area (Å²) in [6.45, 7) is 1.57. The summed E-state index contributed by atoms with van der Waals surface area (Å²) < 4.78 is 5.20. The van der Waals surface area contributed by atoms with Crippen LogP contribution in [-0.4, -0.2) is 19.0 Å². The third-order valence-electron chi connectivity index (χ3n) is 3.93. The second-order valence-electron chi connectivity index (χ2n) is 5.39. The molecule has 4 nitrogen and oxygen atoms in total. The molecular weight excluding hydrogens is 278 g/mol. The Morgan fingerprint density at radius 2 is 1.82 bits per heavy atom. The van der Waals surface area contributed by atoms with Gasteiger partial charge in [0.2, 0.25) is 0 Å². The van der Waals surface area contributed by atoms with Crippen LogP contribution in [0, 0.1) is 0 Å². The van der Waals surface area contributed by atoms with Gasteiger partial charge in [0.05, 0.1) is 18.8 Å². The van der Waals surface area contributed by atoms with Crippen molar-refractivity contribution in [3.05, 3.63) is 60.2 Å². The van der Waals surface area contributed by atoms with Crippen LogP contribution >= 0.6 is 0 Å². The van der Waals surface area contributed by atoms with Gasteiger partial charge in [-0.05, 0) is 36.8 Å². The highest BCUT2D eigenvalue weighted by atomic mass is 16.7. The predicted octanol–water partition coefficient (Wildman–Crippen LogP) is 3.54. The minimum Gasteiger partial charge on any atom is -0.497 e.